The van der Waals surface area contributed by atoms with Crippen LogP contribution in [-0.2, 0) is 10.2 Å². The predicted octanol–water partition coefficient (Wildman–Crippen LogP) is 3.98. The van der Waals surface area contributed by atoms with E-state index >= 15 is 0 Å². The second-order valence-electron chi connectivity index (χ2n) is 6.71. The van der Waals surface area contributed by atoms with Crippen LogP contribution in [0, 0.1) is 5.41 Å². The highest BCUT2D eigenvalue weighted by Gasteiger charge is 2.23. The molecule has 0 saturated heterocycles. The number of hydrogen-bond acceptors (Lipinski definition) is 2. The summed E-state index contributed by atoms with van der Waals surface area (Å²) in [6.45, 7) is 12.3. The highest BCUT2D eigenvalue weighted by atomic mass is 16.5. The monoisotopic (exact) mass is 248 g/mol. The summed E-state index contributed by atoms with van der Waals surface area (Å²) in [5, 5.41) is 0. The molecule has 0 amide bonds. The third kappa shape index (κ3) is 3.86. The molecule has 0 saturated carbocycles. The van der Waals surface area contributed by atoms with Crippen molar-refractivity contribution in [3.63, 3.8) is 0 Å². The molecule has 0 N–H and O–H groups in total. The number of benzene rings is 1. The Morgan fingerprint density at radius 2 is 1.61 bits per heavy atom. The first-order valence-electron chi connectivity index (χ1n) is 6.38. The normalized spacial score (nSPS) is 12.3. The number of carbonyl (C=O) groups excluding carboxylic acids is 1. The van der Waals surface area contributed by atoms with Crippen LogP contribution in [-0.4, -0.2) is 12.4 Å². The molecule has 100 valence electrons. The molecule has 1 rings (SSSR count). The first-order chi connectivity index (χ1) is 8.12. The van der Waals surface area contributed by atoms with Crippen molar-refractivity contribution in [2.75, 3.05) is 6.61 Å². The summed E-state index contributed by atoms with van der Waals surface area (Å²) in [6, 6.07) is 7.92. The number of ketones is 1. The Balaban J connectivity index is 2.84. The summed E-state index contributed by atoms with van der Waals surface area (Å²) in [4.78, 5) is 11.9. The van der Waals surface area contributed by atoms with Crippen LogP contribution in [0.4, 0.5) is 0 Å². The molecular weight excluding hydrogens is 224 g/mol. The van der Waals surface area contributed by atoms with Gasteiger partial charge in [0.1, 0.15) is 12.4 Å². The molecular formula is C16H24O2. The topological polar surface area (TPSA) is 26.3 Å². The highest BCUT2D eigenvalue weighted by molar-refractivity contribution is 5.85. The molecule has 0 fully saturated rings. The molecule has 0 unspecified atom stereocenters. The average Bonchev–Trinajstić information content (AvgIpc) is 2.23. The Labute approximate surface area is 110 Å². The molecule has 0 aromatic heterocycles. The minimum Gasteiger partial charge on any atom is -0.486 e. The zero-order valence-electron chi connectivity index (χ0n) is 12.3. The van der Waals surface area contributed by atoms with E-state index in [1.165, 1.54) is 0 Å². The molecule has 0 radical (unpaired) electrons. The average molecular weight is 248 g/mol. The summed E-state index contributed by atoms with van der Waals surface area (Å²) in [7, 11) is 0. The molecule has 1 aromatic carbocycles. The van der Waals surface area contributed by atoms with Gasteiger partial charge >= 0.3 is 0 Å². The van der Waals surface area contributed by atoms with Crippen LogP contribution in [0.25, 0.3) is 0 Å². The quantitative estimate of drug-likeness (QED) is 0.808. The van der Waals surface area contributed by atoms with E-state index in [-0.39, 0.29) is 23.2 Å². The van der Waals surface area contributed by atoms with Gasteiger partial charge in [0.15, 0.2) is 5.78 Å². The van der Waals surface area contributed by atoms with E-state index in [1.807, 2.05) is 39.0 Å². The van der Waals surface area contributed by atoms with E-state index < -0.39 is 0 Å². The number of carbonyl (C=O) groups is 1. The van der Waals surface area contributed by atoms with Crippen molar-refractivity contribution in [1.82, 2.24) is 0 Å². The molecule has 0 heterocycles. The molecule has 0 aliphatic heterocycles. The third-order valence-corrected chi connectivity index (χ3v) is 2.89. The van der Waals surface area contributed by atoms with Crippen LogP contribution in [0.15, 0.2) is 24.3 Å². The lowest BCUT2D eigenvalue weighted by molar-refractivity contribution is -0.128. The van der Waals surface area contributed by atoms with Gasteiger partial charge in [0, 0.05) is 5.41 Å². The maximum absolute atomic E-state index is 11.9. The van der Waals surface area contributed by atoms with Gasteiger partial charge in [-0.1, -0.05) is 59.7 Å². The van der Waals surface area contributed by atoms with Crippen LogP contribution in [0.2, 0.25) is 0 Å². The lowest BCUT2D eigenvalue weighted by Gasteiger charge is -2.23. The Morgan fingerprint density at radius 3 is 2.11 bits per heavy atom. The fourth-order valence-electron chi connectivity index (χ4n) is 1.57. The molecule has 18 heavy (non-hydrogen) atoms. The largest absolute Gasteiger partial charge is 0.486 e. The lowest BCUT2D eigenvalue weighted by Crippen LogP contribution is -2.27. The number of Topliss-reactive ketones (excluding diaryl/α,β-unsaturated/α-hetero) is 1. The Morgan fingerprint density at radius 1 is 1.06 bits per heavy atom. The van der Waals surface area contributed by atoms with E-state index in [4.69, 9.17) is 4.74 Å². The second-order valence-corrected chi connectivity index (χ2v) is 6.71. The maximum Gasteiger partial charge on any atom is 0.175 e. The van der Waals surface area contributed by atoms with Gasteiger partial charge in [-0.25, -0.2) is 0 Å². The number of ether oxygens (including phenoxy) is 1. The van der Waals surface area contributed by atoms with Gasteiger partial charge in [0.25, 0.3) is 0 Å². The fourth-order valence-corrected chi connectivity index (χ4v) is 1.57. The van der Waals surface area contributed by atoms with Crippen LogP contribution < -0.4 is 4.74 Å². The van der Waals surface area contributed by atoms with Gasteiger partial charge in [-0.2, -0.15) is 0 Å². The van der Waals surface area contributed by atoms with E-state index in [0.717, 1.165) is 11.3 Å². The summed E-state index contributed by atoms with van der Waals surface area (Å²) in [6.07, 6.45) is 0. The number of rotatable bonds is 3. The van der Waals surface area contributed by atoms with Gasteiger partial charge < -0.3 is 4.74 Å². The standard InChI is InChI=1S/C16H24O2/c1-15(2,3)12-9-7-8-10-13(12)18-11-14(17)16(4,5)6/h7-10H,11H2,1-6H3. The Bertz CT molecular complexity index is 419. The molecule has 2 heteroatoms. The predicted molar refractivity (Wildman–Crippen MR) is 75.1 cm³/mol. The maximum atomic E-state index is 11.9. The highest BCUT2D eigenvalue weighted by Crippen LogP contribution is 2.31. The minimum absolute atomic E-state index is 0.0153. The van der Waals surface area contributed by atoms with Gasteiger partial charge in [0.05, 0.1) is 0 Å². The Hall–Kier alpha value is -1.31. The molecule has 0 spiro atoms. The minimum atomic E-state index is -0.351. The van der Waals surface area contributed by atoms with Crippen LogP contribution in [0.5, 0.6) is 5.75 Å². The smallest absolute Gasteiger partial charge is 0.175 e. The van der Waals surface area contributed by atoms with E-state index in [2.05, 4.69) is 26.8 Å². The number of para-hydroxylation sites is 1. The first kappa shape index (κ1) is 14.7. The van der Waals surface area contributed by atoms with E-state index in [0.29, 0.717) is 0 Å². The molecule has 2 nitrogen and oxygen atoms in total. The Kier molecular flexibility index (Phi) is 4.20. The van der Waals surface area contributed by atoms with Gasteiger partial charge in [0.2, 0.25) is 0 Å². The van der Waals surface area contributed by atoms with Crippen molar-refractivity contribution in [1.29, 1.82) is 0 Å². The summed E-state index contributed by atoms with van der Waals surface area (Å²) < 4.78 is 5.70. The van der Waals surface area contributed by atoms with Crippen molar-refractivity contribution in [3.8, 4) is 5.75 Å². The van der Waals surface area contributed by atoms with Crippen molar-refractivity contribution in [3.05, 3.63) is 29.8 Å². The molecule has 0 aliphatic carbocycles. The van der Waals surface area contributed by atoms with Crippen LogP contribution in [0.3, 0.4) is 0 Å². The van der Waals surface area contributed by atoms with Gasteiger partial charge in [-0.3, -0.25) is 4.79 Å². The zero-order valence-corrected chi connectivity index (χ0v) is 12.3. The van der Waals surface area contributed by atoms with Crippen LogP contribution in [0.1, 0.15) is 47.1 Å². The van der Waals surface area contributed by atoms with E-state index in [1.54, 1.807) is 0 Å². The van der Waals surface area contributed by atoms with Crippen molar-refractivity contribution < 1.29 is 9.53 Å². The summed E-state index contributed by atoms with van der Waals surface area (Å²) >= 11 is 0. The molecule has 0 bridgehead atoms. The number of hydrogen-bond donors (Lipinski definition) is 0. The van der Waals surface area contributed by atoms with Gasteiger partial charge in [-0.05, 0) is 17.0 Å². The SMILES string of the molecule is CC(C)(C)C(=O)COc1ccccc1C(C)(C)C. The fraction of sp³-hybridized carbons (Fsp3) is 0.562. The van der Waals surface area contributed by atoms with Crippen molar-refractivity contribution in [2.24, 2.45) is 5.41 Å². The van der Waals surface area contributed by atoms with Gasteiger partial charge in [-0.15, -0.1) is 0 Å². The third-order valence-electron chi connectivity index (χ3n) is 2.89. The summed E-state index contributed by atoms with van der Waals surface area (Å²) in [5.41, 5.74) is 0.796. The second kappa shape index (κ2) is 5.13. The van der Waals surface area contributed by atoms with E-state index in [9.17, 15) is 4.79 Å². The van der Waals surface area contributed by atoms with Crippen molar-refractivity contribution >= 4 is 5.78 Å². The zero-order chi connectivity index (χ0) is 14.0. The summed E-state index contributed by atoms with van der Waals surface area (Å²) in [5.74, 6) is 0.925. The first-order valence-corrected chi connectivity index (χ1v) is 6.38. The lowest BCUT2D eigenvalue weighted by atomic mass is 9.86. The molecule has 0 atom stereocenters. The van der Waals surface area contributed by atoms with Crippen molar-refractivity contribution in [2.45, 2.75) is 47.0 Å². The van der Waals surface area contributed by atoms with Crippen LogP contribution >= 0.6 is 0 Å². The molecule has 0 aliphatic rings. The molecule has 1 aromatic rings.